The van der Waals surface area contributed by atoms with E-state index in [9.17, 15) is 20.1 Å². The van der Waals surface area contributed by atoms with Crippen LogP contribution in [-0.4, -0.2) is 21.4 Å². The predicted molar refractivity (Wildman–Crippen MR) is 88.0 cm³/mol. The van der Waals surface area contributed by atoms with E-state index < -0.39 is 6.03 Å². The first-order chi connectivity index (χ1) is 11.0. The fourth-order valence-corrected chi connectivity index (χ4v) is 2.35. The maximum Gasteiger partial charge on any atom is 0.323 e. The molecule has 3 rings (SSSR count). The normalized spacial score (nSPS) is 10.4. The summed E-state index contributed by atoms with van der Waals surface area (Å²) in [5.74, 6) is -0.185. The van der Waals surface area contributed by atoms with Gasteiger partial charge in [0.2, 0.25) is 0 Å². The van der Waals surface area contributed by atoms with Crippen LogP contribution in [0.4, 0.5) is 16.2 Å². The van der Waals surface area contributed by atoms with Crippen LogP contribution in [0.25, 0.3) is 10.8 Å². The third-order valence-corrected chi connectivity index (χ3v) is 3.31. The zero-order valence-electron chi connectivity index (χ0n) is 11.9. The molecule has 0 aliphatic heterocycles. The molecule has 6 heteroatoms. The van der Waals surface area contributed by atoms with Crippen molar-refractivity contribution < 1.29 is 20.1 Å². The lowest BCUT2D eigenvalue weighted by Gasteiger charge is -2.11. The Morgan fingerprint density at radius 1 is 0.783 bits per heavy atom. The van der Waals surface area contributed by atoms with Gasteiger partial charge in [0, 0.05) is 34.7 Å². The van der Waals surface area contributed by atoms with Crippen molar-refractivity contribution in [3.63, 3.8) is 0 Å². The molecule has 0 saturated carbocycles. The average Bonchev–Trinajstić information content (AvgIpc) is 2.47. The highest BCUT2D eigenvalue weighted by Crippen LogP contribution is 2.30. The van der Waals surface area contributed by atoms with Crippen LogP contribution in [0.5, 0.6) is 17.2 Å². The Labute approximate surface area is 131 Å². The van der Waals surface area contributed by atoms with E-state index in [-0.39, 0.29) is 22.9 Å². The molecule has 6 nitrogen and oxygen atoms in total. The van der Waals surface area contributed by atoms with Crippen LogP contribution in [0.2, 0.25) is 0 Å². The van der Waals surface area contributed by atoms with E-state index in [4.69, 9.17) is 0 Å². The second-order valence-electron chi connectivity index (χ2n) is 5.00. The van der Waals surface area contributed by atoms with E-state index in [1.165, 1.54) is 12.1 Å². The van der Waals surface area contributed by atoms with E-state index in [1.54, 1.807) is 36.4 Å². The van der Waals surface area contributed by atoms with Gasteiger partial charge in [-0.05, 0) is 12.1 Å². The van der Waals surface area contributed by atoms with Gasteiger partial charge in [-0.1, -0.05) is 24.3 Å². The predicted octanol–water partition coefficient (Wildman–Crippen LogP) is 3.60. The Morgan fingerprint density at radius 3 is 2.17 bits per heavy atom. The first-order valence-electron chi connectivity index (χ1n) is 6.85. The maximum absolute atomic E-state index is 12.1. The first kappa shape index (κ1) is 14.5. The molecule has 2 amide bonds. The molecule has 5 N–H and O–H groups in total. The zero-order chi connectivity index (χ0) is 16.4. The smallest absolute Gasteiger partial charge is 0.323 e. The van der Waals surface area contributed by atoms with Crippen LogP contribution in [0, 0.1) is 0 Å². The number of amides is 2. The molecule has 3 aromatic rings. The van der Waals surface area contributed by atoms with Gasteiger partial charge in [0.25, 0.3) is 0 Å². The van der Waals surface area contributed by atoms with Crippen LogP contribution >= 0.6 is 0 Å². The van der Waals surface area contributed by atoms with Crippen molar-refractivity contribution in [3.05, 3.63) is 54.6 Å². The molecule has 23 heavy (non-hydrogen) atoms. The summed E-state index contributed by atoms with van der Waals surface area (Å²) in [4.78, 5) is 12.1. The summed E-state index contributed by atoms with van der Waals surface area (Å²) in [6, 6.07) is 13.5. The lowest BCUT2D eigenvalue weighted by Crippen LogP contribution is -2.19. The molecule has 3 aromatic carbocycles. The van der Waals surface area contributed by atoms with Gasteiger partial charge >= 0.3 is 6.03 Å². The zero-order valence-corrected chi connectivity index (χ0v) is 11.9. The SMILES string of the molecule is O=C(Nc1cc(O)cc(O)c1)Nc1cccc2c(O)cccc12. The highest BCUT2D eigenvalue weighted by Gasteiger charge is 2.08. The van der Waals surface area contributed by atoms with Gasteiger partial charge in [0.15, 0.2) is 0 Å². The van der Waals surface area contributed by atoms with Crippen molar-refractivity contribution in [2.75, 3.05) is 10.6 Å². The second kappa shape index (κ2) is 5.76. The second-order valence-corrected chi connectivity index (χ2v) is 5.00. The molecule has 0 fully saturated rings. The van der Waals surface area contributed by atoms with Gasteiger partial charge < -0.3 is 26.0 Å². The molecule has 0 bridgehead atoms. The highest BCUT2D eigenvalue weighted by molar-refractivity contribution is 6.07. The molecule has 0 atom stereocenters. The number of carbonyl (C=O) groups excluding carboxylic acids is 1. The van der Waals surface area contributed by atoms with Crippen LogP contribution < -0.4 is 10.6 Å². The number of phenols is 3. The Bertz CT molecular complexity index is 873. The van der Waals surface area contributed by atoms with Gasteiger partial charge in [0.05, 0.1) is 5.69 Å². The van der Waals surface area contributed by atoms with Crippen LogP contribution in [0.3, 0.4) is 0 Å². The van der Waals surface area contributed by atoms with Gasteiger partial charge in [-0.25, -0.2) is 4.79 Å². The van der Waals surface area contributed by atoms with Crippen LogP contribution in [0.1, 0.15) is 0 Å². The molecule has 0 aliphatic carbocycles. The standard InChI is InChI=1S/C17H14N2O4/c20-11-7-10(8-12(21)9-11)18-17(23)19-15-5-1-4-14-13(15)3-2-6-16(14)22/h1-9,20-22H,(H2,18,19,23). The van der Waals surface area contributed by atoms with E-state index >= 15 is 0 Å². The maximum atomic E-state index is 12.1. The topological polar surface area (TPSA) is 102 Å². The van der Waals surface area contributed by atoms with Crippen molar-refractivity contribution in [1.82, 2.24) is 0 Å². The minimum absolute atomic E-state index is 0.129. The van der Waals surface area contributed by atoms with E-state index in [2.05, 4.69) is 10.6 Å². The number of benzene rings is 3. The van der Waals surface area contributed by atoms with E-state index in [0.717, 1.165) is 6.07 Å². The largest absolute Gasteiger partial charge is 0.508 e. The molecular weight excluding hydrogens is 296 g/mol. The van der Waals surface area contributed by atoms with Crippen molar-refractivity contribution in [3.8, 4) is 17.2 Å². The molecule has 0 unspecified atom stereocenters. The Balaban J connectivity index is 1.84. The first-order valence-corrected chi connectivity index (χ1v) is 6.85. The number of fused-ring (bicyclic) bond motifs is 1. The van der Waals surface area contributed by atoms with Crippen molar-refractivity contribution >= 4 is 28.2 Å². The number of anilines is 2. The lowest BCUT2D eigenvalue weighted by atomic mass is 10.1. The summed E-state index contributed by atoms with van der Waals surface area (Å²) in [5, 5.41) is 35.2. The van der Waals surface area contributed by atoms with Gasteiger partial charge in [-0.3, -0.25) is 0 Å². The number of urea groups is 1. The average molecular weight is 310 g/mol. The number of aromatic hydroxyl groups is 3. The number of carbonyl (C=O) groups is 1. The quantitative estimate of drug-likeness (QED) is 0.499. The van der Waals surface area contributed by atoms with Crippen molar-refractivity contribution in [2.24, 2.45) is 0 Å². The number of hydrogen-bond acceptors (Lipinski definition) is 4. The summed E-state index contributed by atoms with van der Waals surface area (Å²) >= 11 is 0. The monoisotopic (exact) mass is 310 g/mol. The molecule has 0 heterocycles. The summed E-state index contributed by atoms with van der Waals surface area (Å²) in [7, 11) is 0. The van der Waals surface area contributed by atoms with Gasteiger partial charge in [0.1, 0.15) is 17.2 Å². The van der Waals surface area contributed by atoms with E-state index in [0.29, 0.717) is 16.5 Å². The number of rotatable bonds is 2. The number of hydrogen-bond donors (Lipinski definition) is 5. The molecule has 116 valence electrons. The lowest BCUT2D eigenvalue weighted by molar-refractivity contribution is 0.262. The molecule has 0 saturated heterocycles. The van der Waals surface area contributed by atoms with Crippen LogP contribution in [0.15, 0.2) is 54.6 Å². The van der Waals surface area contributed by atoms with Gasteiger partial charge in [-0.2, -0.15) is 0 Å². The van der Waals surface area contributed by atoms with Crippen LogP contribution in [-0.2, 0) is 0 Å². The number of phenolic OH excluding ortho intramolecular Hbond substituents is 3. The fourth-order valence-electron chi connectivity index (χ4n) is 2.35. The minimum atomic E-state index is -0.536. The third-order valence-electron chi connectivity index (χ3n) is 3.31. The summed E-state index contributed by atoms with van der Waals surface area (Å²) in [6.45, 7) is 0. The van der Waals surface area contributed by atoms with Gasteiger partial charge in [-0.15, -0.1) is 0 Å². The van der Waals surface area contributed by atoms with Crippen molar-refractivity contribution in [2.45, 2.75) is 0 Å². The van der Waals surface area contributed by atoms with E-state index in [1.807, 2.05) is 0 Å². The molecule has 0 aromatic heterocycles. The molecule has 0 radical (unpaired) electrons. The fraction of sp³-hybridized carbons (Fsp3) is 0. The molecular formula is C17H14N2O4. The summed E-state index contributed by atoms with van der Waals surface area (Å²) in [6.07, 6.45) is 0. The third kappa shape index (κ3) is 3.11. The molecule has 0 spiro atoms. The Hall–Kier alpha value is -3.41. The van der Waals surface area contributed by atoms with Crippen molar-refractivity contribution in [1.29, 1.82) is 0 Å². The summed E-state index contributed by atoms with van der Waals surface area (Å²) in [5.41, 5.74) is 0.781. The number of nitrogens with one attached hydrogen (secondary N) is 2. The summed E-state index contributed by atoms with van der Waals surface area (Å²) < 4.78 is 0. The minimum Gasteiger partial charge on any atom is -0.508 e. The Kier molecular flexibility index (Phi) is 3.64. The Morgan fingerprint density at radius 2 is 1.43 bits per heavy atom. The molecule has 0 aliphatic rings. The highest BCUT2D eigenvalue weighted by atomic mass is 16.3.